The van der Waals surface area contributed by atoms with E-state index in [0.717, 1.165) is 12.1 Å². The highest BCUT2D eigenvalue weighted by Gasteiger charge is 2.31. The van der Waals surface area contributed by atoms with Crippen molar-refractivity contribution in [1.82, 2.24) is 4.90 Å². The zero-order chi connectivity index (χ0) is 17.0. The van der Waals surface area contributed by atoms with Gasteiger partial charge in [-0.15, -0.1) is 0 Å². The van der Waals surface area contributed by atoms with Gasteiger partial charge in [0.1, 0.15) is 0 Å². The maximum absolute atomic E-state index is 12.9. The molecule has 2 amide bonds. The highest BCUT2D eigenvalue weighted by atomic mass is 19.4. The van der Waals surface area contributed by atoms with Gasteiger partial charge < -0.3 is 20.7 Å². The summed E-state index contributed by atoms with van der Waals surface area (Å²) in [6.45, 7) is 3.21. The molecule has 0 bridgehead atoms. The lowest BCUT2D eigenvalue weighted by molar-refractivity contribution is -0.137. The number of ether oxygens (including phenoxy) is 1. The van der Waals surface area contributed by atoms with Crippen LogP contribution in [-0.2, 0) is 17.5 Å². The Hall–Kier alpha value is -1.80. The maximum Gasteiger partial charge on any atom is 0.416 e. The number of hydrogen-bond acceptors (Lipinski definition) is 3. The van der Waals surface area contributed by atoms with E-state index in [1.54, 1.807) is 4.90 Å². The van der Waals surface area contributed by atoms with Gasteiger partial charge in [0, 0.05) is 31.4 Å². The van der Waals surface area contributed by atoms with E-state index >= 15 is 0 Å². The molecule has 1 aliphatic heterocycles. The van der Waals surface area contributed by atoms with Gasteiger partial charge in [0.2, 0.25) is 0 Å². The Labute approximate surface area is 132 Å². The van der Waals surface area contributed by atoms with Gasteiger partial charge in [-0.2, -0.15) is 13.2 Å². The number of carbonyl (C=O) groups excluding carboxylic acids is 1. The van der Waals surface area contributed by atoms with E-state index in [2.05, 4.69) is 5.32 Å². The Balaban J connectivity index is 2.19. The van der Waals surface area contributed by atoms with Crippen LogP contribution < -0.4 is 11.1 Å². The molecule has 128 valence electrons. The molecule has 0 aromatic heterocycles. The SMILES string of the molecule is CC1CCOCCN1C(=O)Nc1cc(CN)cc(C(F)(F)F)c1. The number of nitrogens with zero attached hydrogens (tertiary/aromatic N) is 1. The van der Waals surface area contributed by atoms with Crippen molar-refractivity contribution in [1.29, 1.82) is 0 Å². The summed E-state index contributed by atoms with van der Waals surface area (Å²) in [6, 6.07) is 2.86. The van der Waals surface area contributed by atoms with Crippen molar-refractivity contribution in [3.8, 4) is 0 Å². The highest BCUT2D eigenvalue weighted by molar-refractivity contribution is 5.89. The van der Waals surface area contributed by atoms with Crippen molar-refractivity contribution in [2.24, 2.45) is 5.73 Å². The van der Waals surface area contributed by atoms with E-state index in [0.29, 0.717) is 31.7 Å². The van der Waals surface area contributed by atoms with Crippen molar-refractivity contribution >= 4 is 11.7 Å². The topological polar surface area (TPSA) is 67.6 Å². The van der Waals surface area contributed by atoms with E-state index in [1.165, 1.54) is 6.07 Å². The van der Waals surface area contributed by atoms with E-state index in [9.17, 15) is 18.0 Å². The first kappa shape index (κ1) is 17.6. The molecule has 0 spiro atoms. The first-order valence-corrected chi connectivity index (χ1v) is 7.38. The lowest BCUT2D eigenvalue weighted by atomic mass is 10.1. The van der Waals surface area contributed by atoms with Crippen molar-refractivity contribution in [2.75, 3.05) is 25.1 Å². The maximum atomic E-state index is 12.9. The summed E-state index contributed by atoms with van der Waals surface area (Å²) in [6.07, 6.45) is -3.81. The zero-order valence-corrected chi connectivity index (χ0v) is 12.8. The molecular formula is C15H20F3N3O2. The average molecular weight is 331 g/mol. The minimum Gasteiger partial charge on any atom is -0.380 e. The molecule has 1 aliphatic rings. The monoisotopic (exact) mass is 331 g/mol. The van der Waals surface area contributed by atoms with Gasteiger partial charge in [-0.25, -0.2) is 4.79 Å². The molecule has 1 heterocycles. The van der Waals surface area contributed by atoms with Crippen LogP contribution in [0.1, 0.15) is 24.5 Å². The van der Waals surface area contributed by atoms with Gasteiger partial charge in [-0.3, -0.25) is 0 Å². The predicted octanol–water partition coefficient (Wildman–Crippen LogP) is 2.81. The summed E-state index contributed by atoms with van der Waals surface area (Å²) in [5.74, 6) is 0. The Kier molecular flexibility index (Phi) is 5.48. The quantitative estimate of drug-likeness (QED) is 0.876. The number of hydrogen-bond donors (Lipinski definition) is 2. The van der Waals surface area contributed by atoms with E-state index < -0.39 is 17.8 Å². The molecule has 1 unspecified atom stereocenters. The molecular weight excluding hydrogens is 311 g/mol. The van der Waals surface area contributed by atoms with E-state index in [1.807, 2.05) is 6.92 Å². The minimum absolute atomic E-state index is 0.0409. The second kappa shape index (κ2) is 7.18. The number of nitrogens with one attached hydrogen (secondary N) is 1. The van der Waals surface area contributed by atoms with Crippen molar-refractivity contribution in [3.05, 3.63) is 29.3 Å². The van der Waals surface area contributed by atoms with Crippen LogP contribution >= 0.6 is 0 Å². The van der Waals surface area contributed by atoms with Gasteiger partial charge in [-0.1, -0.05) is 0 Å². The van der Waals surface area contributed by atoms with Crippen LogP contribution in [0.2, 0.25) is 0 Å². The molecule has 5 nitrogen and oxygen atoms in total. The Morgan fingerprint density at radius 2 is 2.13 bits per heavy atom. The van der Waals surface area contributed by atoms with Crippen molar-refractivity contribution < 1.29 is 22.7 Å². The minimum atomic E-state index is -4.49. The third-order valence-electron chi connectivity index (χ3n) is 3.76. The lowest BCUT2D eigenvalue weighted by Gasteiger charge is -2.26. The largest absolute Gasteiger partial charge is 0.416 e. The summed E-state index contributed by atoms with van der Waals surface area (Å²) in [5.41, 5.74) is 5.00. The lowest BCUT2D eigenvalue weighted by Crippen LogP contribution is -2.42. The summed E-state index contributed by atoms with van der Waals surface area (Å²) in [7, 11) is 0. The molecule has 0 radical (unpaired) electrons. The molecule has 1 atom stereocenters. The third-order valence-corrected chi connectivity index (χ3v) is 3.76. The number of nitrogens with two attached hydrogens (primary N) is 1. The smallest absolute Gasteiger partial charge is 0.380 e. The molecule has 1 saturated heterocycles. The summed E-state index contributed by atoms with van der Waals surface area (Å²) in [4.78, 5) is 13.9. The van der Waals surface area contributed by atoms with Crippen LogP contribution in [0, 0.1) is 0 Å². The fraction of sp³-hybridized carbons (Fsp3) is 0.533. The van der Waals surface area contributed by atoms with Gasteiger partial charge in [0.05, 0.1) is 12.2 Å². The Morgan fingerprint density at radius 1 is 1.39 bits per heavy atom. The number of urea groups is 1. The van der Waals surface area contributed by atoms with Crippen LogP contribution in [0.4, 0.5) is 23.7 Å². The summed E-state index contributed by atoms with van der Waals surface area (Å²) < 4.78 is 44.0. The number of anilines is 1. The zero-order valence-electron chi connectivity index (χ0n) is 12.8. The number of alkyl halides is 3. The van der Waals surface area contributed by atoms with Gasteiger partial charge in [0.25, 0.3) is 0 Å². The predicted molar refractivity (Wildman–Crippen MR) is 80.0 cm³/mol. The molecule has 0 aliphatic carbocycles. The van der Waals surface area contributed by atoms with Crippen LogP contribution in [0.25, 0.3) is 0 Å². The second-order valence-corrected chi connectivity index (χ2v) is 5.49. The Morgan fingerprint density at radius 3 is 2.78 bits per heavy atom. The van der Waals surface area contributed by atoms with Crippen LogP contribution in [0.5, 0.6) is 0 Å². The summed E-state index contributed by atoms with van der Waals surface area (Å²) in [5, 5.41) is 2.53. The fourth-order valence-electron chi connectivity index (χ4n) is 2.44. The summed E-state index contributed by atoms with van der Waals surface area (Å²) >= 11 is 0. The van der Waals surface area contributed by atoms with E-state index in [-0.39, 0.29) is 18.3 Å². The number of amides is 2. The van der Waals surface area contributed by atoms with E-state index in [4.69, 9.17) is 10.5 Å². The molecule has 2 rings (SSSR count). The van der Waals surface area contributed by atoms with Crippen LogP contribution in [0.3, 0.4) is 0 Å². The molecule has 1 fully saturated rings. The fourth-order valence-corrected chi connectivity index (χ4v) is 2.44. The van der Waals surface area contributed by atoms with Gasteiger partial charge >= 0.3 is 12.2 Å². The highest BCUT2D eigenvalue weighted by Crippen LogP contribution is 2.32. The second-order valence-electron chi connectivity index (χ2n) is 5.49. The molecule has 0 saturated carbocycles. The first-order valence-electron chi connectivity index (χ1n) is 7.38. The van der Waals surface area contributed by atoms with Gasteiger partial charge in [0.15, 0.2) is 0 Å². The molecule has 23 heavy (non-hydrogen) atoms. The number of rotatable bonds is 2. The molecule has 1 aromatic rings. The normalized spacial score (nSPS) is 19.3. The van der Waals surface area contributed by atoms with Crippen molar-refractivity contribution in [3.63, 3.8) is 0 Å². The average Bonchev–Trinajstić information content (AvgIpc) is 2.70. The first-order chi connectivity index (χ1) is 10.8. The standard InChI is InChI=1S/C15H20F3N3O2/c1-10-2-4-23-5-3-21(10)14(22)20-13-7-11(9-19)6-12(8-13)15(16,17)18/h6-8,10H,2-5,9,19H2,1H3,(H,20,22). The van der Waals surface area contributed by atoms with Crippen molar-refractivity contribution in [2.45, 2.75) is 32.1 Å². The molecule has 3 N–H and O–H groups in total. The molecule has 1 aromatic carbocycles. The number of benzene rings is 1. The number of halogens is 3. The van der Waals surface area contributed by atoms with Crippen LogP contribution in [-0.4, -0.2) is 36.7 Å². The van der Waals surface area contributed by atoms with Crippen LogP contribution in [0.15, 0.2) is 18.2 Å². The Bertz CT molecular complexity index is 563. The molecule has 8 heteroatoms. The van der Waals surface area contributed by atoms with Gasteiger partial charge in [-0.05, 0) is 37.1 Å². The third kappa shape index (κ3) is 4.59. The number of carbonyl (C=O) groups is 1.